The number of rotatable bonds is 7. The number of nitrogens with zero attached hydrogens (tertiary/aromatic N) is 2. The standard InChI is InChI=1S/C13H20BrN3O/c1-3-4-5-8-17(2)10-13(18)16-12-7-6-11(14)9-15-12/h6-7,9H,3-5,8,10H2,1-2H3,(H,15,16,18). The Bertz CT molecular complexity index is 367. The van der Waals surface area contributed by atoms with Crippen LogP contribution in [-0.4, -0.2) is 35.9 Å². The Morgan fingerprint density at radius 3 is 2.83 bits per heavy atom. The minimum absolute atomic E-state index is 0.0242. The summed E-state index contributed by atoms with van der Waals surface area (Å²) in [5.41, 5.74) is 0. The highest BCUT2D eigenvalue weighted by molar-refractivity contribution is 9.10. The molecule has 0 aliphatic carbocycles. The predicted octanol–water partition coefficient (Wildman–Crippen LogP) is 2.90. The van der Waals surface area contributed by atoms with Crippen molar-refractivity contribution >= 4 is 27.7 Å². The molecule has 1 N–H and O–H groups in total. The molecule has 0 aromatic carbocycles. The average molecular weight is 314 g/mol. The van der Waals surface area contributed by atoms with Crippen molar-refractivity contribution in [3.63, 3.8) is 0 Å². The molecule has 1 rings (SSSR count). The first-order valence-electron chi connectivity index (χ1n) is 6.21. The maximum Gasteiger partial charge on any atom is 0.239 e. The van der Waals surface area contributed by atoms with Gasteiger partial charge in [-0.3, -0.25) is 9.69 Å². The third-order valence-corrected chi connectivity index (χ3v) is 3.02. The molecule has 1 amide bonds. The van der Waals surface area contributed by atoms with E-state index >= 15 is 0 Å². The molecule has 1 aromatic heterocycles. The maximum absolute atomic E-state index is 11.7. The van der Waals surface area contributed by atoms with Crippen LogP contribution in [0.1, 0.15) is 26.2 Å². The Kier molecular flexibility index (Phi) is 6.90. The average Bonchev–Trinajstić information content (AvgIpc) is 2.32. The maximum atomic E-state index is 11.7. The van der Waals surface area contributed by atoms with Gasteiger partial charge in [0.25, 0.3) is 0 Å². The minimum Gasteiger partial charge on any atom is -0.310 e. The van der Waals surface area contributed by atoms with E-state index in [4.69, 9.17) is 0 Å². The molecule has 4 nitrogen and oxygen atoms in total. The third-order valence-electron chi connectivity index (χ3n) is 2.55. The molecule has 0 atom stereocenters. The summed E-state index contributed by atoms with van der Waals surface area (Å²) < 4.78 is 0.900. The van der Waals surface area contributed by atoms with Crippen molar-refractivity contribution in [3.05, 3.63) is 22.8 Å². The van der Waals surface area contributed by atoms with Gasteiger partial charge < -0.3 is 5.32 Å². The molecule has 0 bridgehead atoms. The molecule has 0 saturated carbocycles. The van der Waals surface area contributed by atoms with E-state index in [1.165, 1.54) is 12.8 Å². The summed E-state index contributed by atoms with van der Waals surface area (Å²) >= 11 is 3.30. The molecule has 0 saturated heterocycles. The second-order valence-corrected chi connectivity index (χ2v) is 5.27. The largest absolute Gasteiger partial charge is 0.310 e. The van der Waals surface area contributed by atoms with Gasteiger partial charge in [-0.05, 0) is 48.1 Å². The summed E-state index contributed by atoms with van der Waals surface area (Å²) in [4.78, 5) is 17.9. The molecule has 0 aliphatic rings. The fourth-order valence-electron chi connectivity index (χ4n) is 1.59. The van der Waals surface area contributed by atoms with Crippen LogP contribution in [0.15, 0.2) is 22.8 Å². The summed E-state index contributed by atoms with van der Waals surface area (Å²) in [5, 5.41) is 2.78. The highest BCUT2D eigenvalue weighted by Gasteiger charge is 2.07. The lowest BCUT2D eigenvalue weighted by molar-refractivity contribution is -0.117. The number of hydrogen-bond donors (Lipinski definition) is 1. The molecule has 0 aliphatic heterocycles. The first-order chi connectivity index (χ1) is 8.61. The van der Waals surface area contributed by atoms with Gasteiger partial charge >= 0.3 is 0 Å². The molecule has 1 aromatic rings. The summed E-state index contributed by atoms with van der Waals surface area (Å²) in [5.74, 6) is 0.564. The van der Waals surface area contributed by atoms with Crippen LogP contribution >= 0.6 is 15.9 Å². The quantitative estimate of drug-likeness (QED) is 0.787. The number of carbonyl (C=O) groups is 1. The number of nitrogens with one attached hydrogen (secondary N) is 1. The van der Waals surface area contributed by atoms with Crippen molar-refractivity contribution in [3.8, 4) is 0 Å². The fourth-order valence-corrected chi connectivity index (χ4v) is 1.82. The SMILES string of the molecule is CCCCCN(C)CC(=O)Nc1ccc(Br)cn1. The fraction of sp³-hybridized carbons (Fsp3) is 0.538. The van der Waals surface area contributed by atoms with Crippen LogP contribution in [0.5, 0.6) is 0 Å². The molecule has 0 radical (unpaired) electrons. The van der Waals surface area contributed by atoms with Gasteiger partial charge in [0, 0.05) is 10.7 Å². The number of unbranched alkanes of at least 4 members (excludes halogenated alkanes) is 2. The summed E-state index contributed by atoms with van der Waals surface area (Å²) in [6.07, 6.45) is 5.21. The smallest absolute Gasteiger partial charge is 0.239 e. The van der Waals surface area contributed by atoms with E-state index in [2.05, 4.69) is 33.2 Å². The van der Waals surface area contributed by atoms with E-state index in [-0.39, 0.29) is 5.91 Å². The molecule has 100 valence electrons. The molecule has 0 spiro atoms. The molecular weight excluding hydrogens is 294 g/mol. The van der Waals surface area contributed by atoms with Crippen LogP contribution in [-0.2, 0) is 4.79 Å². The van der Waals surface area contributed by atoms with E-state index in [0.717, 1.165) is 17.4 Å². The summed E-state index contributed by atoms with van der Waals surface area (Å²) in [7, 11) is 1.96. The summed E-state index contributed by atoms with van der Waals surface area (Å²) in [6, 6.07) is 3.63. The number of carbonyl (C=O) groups excluding carboxylic acids is 1. The van der Waals surface area contributed by atoms with Crippen LogP contribution in [0.2, 0.25) is 0 Å². The van der Waals surface area contributed by atoms with E-state index in [1.807, 2.05) is 18.0 Å². The molecule has 1 heterocycles. The second-order valence-electron chi connectivity index (χ2n) is 4.35. The Morgan fingerprint density at radius 2 is 2.22 bits per heavy atom. The van der Waals surface area contributed by atoms with Crippen LogP contribution in [0, 0.1) is 0 Å². The number of pyridine rings is 1. The molecular formula is C13H20BrN3O. The zero-order valence-electron chi connectivity index (χ0n) is 10.9. The Balaban J connectivity index is 2.30. The van der Waals surface area contributed by atoms with Crippen LogP contribution in [0.25, 0.3) is 0 Å². The van der Waals surface area contributed by atoms with Crippen LogP contribution < -0.4 is 5.32 Å². The van der Waals surface area contributed by atoms with Gasteiger partial charge in [-0.15, -0.1) is 0 Å². The van der Waals surface area contributed by atoms with Gasteiger partial charge in [-0.1, -0.05) is 19.8 Å². The summed E-state index contributed by atoms with van der Waals surface area (Å²) in [6.45, 7) is 3.53. The van der Waals surface area contributed by atoms with Crippen LogP contribution in [0.3, 0.4) is 0 Å². The predicted molar refractivity (Wildman–Crippen MR) is 77.6 cm³/mol. The van der Waals surface area contributed by atoms with E-state index in [0.29, 0.717) is 12.4 Å². The van der Waals surface area contributed by atoms with Gasteiger partial charge in [-0.25, -0.2) is 4.98 Å². The van der Waals surface area contributed by atoms with Gasteiger partial charge in [0.2, 0.25) is 5.91 Å². The Hall–Kier alpha value is -0.940. The molecule has 18 heavy (non-hydrogen) atoms. The lowest BCUT2D eigenvalue weighted by Gasteiger charge is -2.15. The van der Waals surface area contributed by atoms with Crippen molar-refractivity contribution in [2.24, 2.45) is 0 Å². The number of likely N-dealkylation sites (N-methyl/N-ethyl adjacent to an activating group) is 1. The third kappa shape index (κ3) is 6.12. The monoisotopic (exact) mass is 313 g/mol. The number of aromatic nitrogens is 1. The van der Waals surface area contributed by atoms with Crippen molar-refractivity contribution in [1.29, 1.82) is 0 Å². The normalized spacial score (nSPS) is 10.7. The van der Waals surface area contributed by atoms with Crippen molar-refractivity contribution in [2.75, 3.05) is 25.5 Å². The topological polar surface area (TPSA) is 45.2 Å². The first-order valence-corrected chi connectivity index (χ1v) is 7.01. The number of halogens is 1. The Labute approximate surface area is 117 Å². The first kappa shape index (κ1) is 15.1. The number of hydrogen-bond acceptors (Lipinski definition) is 3. The number of anilines is 1. The van der Waals surface area contributed by atoms with Crippen molar-refractivity contribution < 1.29 is 4.79 Å². The van der Waals surface area contributed by atoms with Gasteiger partial charge in [0.05, 0.1) is 6.54 Å². The van der Waals surface area contributed by atoms with Crippen molar-refractivity contribution in [2.45, 2.75) is 26.2 Å². The van der Waals surface area contributed by atoms with Gasteiger partial charge in [0.15, 0.2) is 0 Å². The second kappa shape index (κ2) is 8.21. The lowest BCUT2D eigenvalue weighted by Crippen LogP contribution is -2.31. The molecule has 0 unspecified atom stereocenters. The zero-order chi connectivity index (χ0) is 13.4. The van der Waals surface area contributed by atoms with E-state index in [9.17, 15) is 4.79 Å². The van der Waals surface area contributed by atoms with Crippen LogP contribution in [0.4, 0.5) is 5.82 Å². The van der Waals surface area contributed by atoms with Gasteiger partial charge in [-0.2, -0.15) is 0 Å². The van der Waals surface area contributed by atoms with E-state index in [1.54, 1.807) is 12.3 Å². The lowest BCUT2D eigenvalue weighted by atomic mass is 10.2. The minimum atomic E-state index is -0.0242. The zero-order valence-corrected chi connectivity index (χ0v) is 12.5. The van der Waals surface area contributed by atoms with Crippen molar-refractivity contribution in [1.82, 2.24) is 9.88 Å². The number of amides is 1. The molecule has 5 heteroatoms. The molecule has 0 fully saturated rings. The van der Waals surface area contributed by atoms with E-state index < -0.39 is 0 Å². The van der Waals surface area contributed by atoms with Gasteiger partial charge in [0.1, 0.15) is 5.82 Å². The Morgan fingerprint density at radius 1 is 1.44 bits per heavy atom. The highest BCUT2D eigenvalue weighted by atomic mass is 79.9. The highest BCUT2D eigenvalue weighted by Crippen LogP contribution is 2.10.